The summed E-state index contributed by atoms with van der Waals surface area (Å²) in [6.07, 6.45) is 3.33. The summed E-state index contributed by atoms with van der Waals surface area (Å²) < 4.78 is 5.80. The van der Waals surface area contributed by atoms with E-state index in [0.29, 0.717) is 23.1 Å². The Kier molecular flexibility index (Phi) is 5.46. The Balaban J connectivity index is 1.64. The standard InChI is InChI=1S/C20H22N4O/c1-2-15-8-10-17(11-9-15)25-20-18(21)19(23-14-24-20)22-13-12-16-6-4-3-5-7-16/h3-11,14H,2,12-13,21H2,1H3,(H,22,23,24). The van der Waals surface area contributed by atoms with Gasteiger partial charge in [0.15, 0.2) is 5.82 Å². The van der Waals surface area contributed by atoms with Gasteiger partial charge in [-0.05, 0) is 36.1 Å². The number of anilines is 2. The predicted molar refractivity (Wildman–Crippen MR) is 101 cm³/mol. The van der Waals surface area contributed by atoms with Gasteiger partial charge in [-0.15, -0.1) is 0 Å². The van der Waals surface area contributed by atoms with Gasteiger partial charge in [0.1, 0.15) is 17.8 Å². The summed E-state index contributed by atoms with van der Waals surface area (Å²) in [5.41, 5.74) is 9.08. The van der Waals surface area contributed by atoms with Gasteiger partial charge in [-0.1, -0.05) is 49.4 Å². The van der Waals surface area contributed by atoms with Crippen molar-refractivity contribution in [3.05, 3.63) is 72.1 Å². The Morgan fingerprint density at radius 3 is 2.44 bits per heavy atom. The molecule has 0 bridgehead atoms. The van der Waals surface area contributed by atoms with Crippen LogP contribution in [0.5, 0.6) is 11.6 Å². The summed E-state index contributed by atoms with van der Waals surface area (Å²) in [6, 6.07) is 18.2. The summed E-state index contributed by atoms with van der Waals surface area (Å²) in [6.45, 7) is 2.85. The van der Waals surface area contributed by atoms with E-state index in [0.717, 1.165) is 19.4 Å². The lowest BCUT2D eigenvalue weighted by Gasteiger charge is -2.12. The fourth-order valence-corrected chi connectivity index (χ4v) is 2.48. The van der Waals surface area contributed by atoms with Crippen LogP contribution in [0.1, 0.15) is 18.1 Å². The van der Waals surface area contributed by atoms with Crippen molar-refractivity contribution < 1.29 is 4.74 Å². The van der Waals surface area contributed by atoms with E-state index in [-0.39, 0.29) is 0 Å². The molecule has 0 aliphatic rings. The zero-order valence-electron chi connectivity index (χ0n) is 14.3. The highest BCUT2D eigenvalue weighted by atomic mass is 16.5. The second-order valence-corrected chi connectivity index (χ2v) is 5.70. The first kappa shape index (κ1) is 16.8. The molecule has 3 rings (SSSR count). The lowest BCUT2D eigenvalue weighted by atomic mass is 10.1. The van der Waals surface area contributed by atoms with E-state index in [2.05, 4.69) is 34.3 Å². The Hall–Kier alpha value is -3.08. The highest BCUT2D eigenvalue weighted by Crippen LogP contribution is 2.29. The van der Waals surface area contributed by atoms with Gasteiger partial charge in [0.25, 0.3) is 0 Å². The lowest BCUT2D eigenvalue weighted by molar-refractivity contribution is 0.464. The van der Waals surface area contributed by atoms with Crippen LogP contribution in [0.2, 0.25) is 0 Å². The summed E-state index contributed by atoms with van der Waals surface area (Å²) in [5.74, 6) is 1.66. The average molecular weight is 334 g/mol. The van der Waals surface area contributed by atoms with E-state index in [1.54, 1.807) is 0 Å². The molecule has 5 heteroatoms. The third-order valence-corrected chi connectivity index (χ3v) is 3.94. The second kappa shape index (κ2) is 8.15. The molecule has 0 spiro atoms. The van der Waals surface area contributed by atoms with E-state index >= 15 is 0 Å². The van der Waals surface area contributed by atoms with Crippen molar-refractivity contribution >= 4 is 11.5 Å². The molecule has 0 aliphatic carbocycles. The molecule has 0 unspecified atom stereocenters. The molecule has 1 aromatic heterocycles. The minimum atomic E-state index is 0.362. The molecule has 0 amide bonds. The van der Waals surface area contributed by atoms with Crippen molar-refractivity contribution in [2.75, 3.05) is 17.6 Å². The Bertz CT molecular complexity index is 804. The smallest absolute Gasteiger partial charge is 0.248 e. The van der Waals surface area contributed by atoms with Crippen molar-refractivity contribution in [2.24, 2.45) is 0 Å². The number of nitrogen functional groups attached to an aromatic ring is 1. The third-order valence-electron chi connectivity index (χ3n) is 3.94. The molecule has 0 fully saturated rings. The van der Waals surface area contributed by atoms with Crippen LogP contribution >= 0.6 is 0 Å². The number of aromatic nitrogens is 2. The lowest BCUT2D eigenvalue weighted by Crippen LogP contribution is -2.09. The van der Waals surface area contributed by atoms with Crippen molar-refractivity contribution in [3.8, 4) is 11.6 Å². The van der Waals surface area contributed by atoms with Gasteiger partial charge in [-0.25, -0.2) is 4.98 Å². The molecule has 25 heavy (non-hydrogen) atoms. The molecule has 0 radical (unpaired) electrons. The van der Waals surface area contributed by atoms with Crippen molar-refractivity contribution in [1.82, 2.24) is 9.97 Å². The van der Waals surface area contributed by atoms with Gasteiger partial charge in [0.2, 0.25) is 5.88 Å². The van der Waals surface area contributed by atoms with Crippen molar-refractivity contribution in [2.45, 2.75) is 19.8 Å². The van der Waals surface area contributed by atoms with Crippen LogP contribution < -0.4 is 15.8 Å². The fraction of sp³-hybridized carbons (Fsp3) is 0.200. The fourth-order valence-electron chi connectivity index (χ4n) is 2.48. The highest BCUT2D eigenvalue weighted by Gasteiger charge is 2.10. The first-order valence-electron chi connectivity index (χ1n) is 8.41. The van der Waals surface area contributed by atoms with E-state index in [4.69, 9.17) is 10.5 Å². The molecule has 0 saturated heterocycles. The molecular weight excluding hydrogens is 312 g/mol. The predicted octanol–water partition coefficient (Wildman–Crippen LogP) is 4.07. The monoisotopic (exact) mass is 334 g/mol. The number of nitrogens with two attached hydrogens (primary N) is 1. The van der Waals surface area contributed by atoms with Gasteiger partial charge in [0, 0.05) is 6.54 Å². The topological polar surface area (TPSA) is 73.1 Å². The van der Waals surface area contributed by atoms with Crippen LogP contribution in [0.3, 0.4) is 0 Å². The Morgan fingerprint density at radius 2 is 1.72 bits per heavy atom. The Labute approximate surface area is 147 Å². The van der Waals surface area contributed by atoms with E-state index in [1.807, 2.05) is 42.5 Å². The van der Waals surface area contributed by atoms with Gasteiger partial charge < -0.3 is 15.8 Å². The summed E-state index contributed by atoms with van der Waals surface area (Å²) in [5, 5.41) is 3.25. The number of hydrogen-bond donors (Lipinski definition) is 2. The molecule has 0 saturated carbocycles. The van der Waals surface area contributed by atoms with Crippen molar-refractivity contribution in [3.63, 3.8) is 0 Å². The number of aryl methyl sites for hydroxylation is 1. The first-order valence-corrected chi connectivity index (χ1v) is 8.41. The van der Waals surface area contributed by atoms with E-state index < -0.39 is 0 Å². The molecule has 128 valence electrons. The largest absolute Gasteiger partial charge is 0.437 e. The van der Waals surface area contributed by atoms with Gasteiger partial charge in [-0.3, -0.25) is 0 Å². The zero-order valence-corrected chi connectivity index (χ0v) is 14.3. The second-order valence-electron chi connectivity index (χ2n) is 5.70. The zero-order chi connectivity index (χ0) is 17.5. The van der Waals surface area contributed by atoms with Crippen LogP contribution in [-0.4, -0.2) is 16.5 Å². The number of benzene rings is 2. The van der Waals surface area contributed by atoms with E-state index in [1.165, 1.54) is 17.5 Å². The average Bonchev–Trinajstić information content (AvgIpc) is 2.66. The molecule has 1 heterocycles. The molecule has 3 N–H and O–H groups in total. The maximum absolute atomic E-state index is 6.15. The minimum absolute atomic E-state index is 0.362. The van der Waals surface area contributed by atoms with Crippen LogP contribution in [0.25, 0.3) is 0 Å². The molecule has 0 atom stereocenters. The molecule has 2 aromatic carbocycles. The number of ether oxygens (including phenoxy) is 1. The van der Waals surface area contributed by atoms with Gasteiger partial charge in [-0.2, -0.15) is 4.98 Å². The van der Waals surface area contributed by atoms with Crippen LogP contribution in [0, 0.1) is 0 Å². The van der Waals surface area contributed by atoms with Crippen LogP contribution in [0.15, 0.2) is 60.9 Å². The first-order chi connectivity index (χ1) is 12.3. The normalized spacial score (nSPS) is 10.4. The summed E-state index contributed by atoms with van der Waals surface area (Å²) in [7, 11) is 0. The van der Waals surface area contributed by atoms with Crippen LogP contribution in [-0.2, 0) is 12.8 Å². The van der Waals surface area contributed by atoms with E-state index in [9.17, 15) is 0 Å². The number of nitrogens with zero attached hydrogens (tertiary/aromatic N) is 2. The number of rotatable bonds is 7. The quantitative estimate of drug-likeness (QED) is 0.681. The van der Waals surface area contributed by atoms with Crippen LogP contribution in [0.4, 0.5) is 11.5 Å². The maximum atomic E-state index is 6.15. The SMILES string of the molecule is CCc1ccc(Oc2ncnc(NCCc3ccccc3)c2N)cc1. The highest BCUT2D eigenvalue weighted by molar-refractivity contribution is 5.67. The number of nitrogens with one attached hydrogen (secondary N) is 1. The van der Waals surface area contributed by atoms with Gasteiger partial charge in [0.05, 0.1) is 0 Å². The summed E-state index contributed by atoms with van der Waals surface area (Å²) >= 11 is 0. The number of hydrogen-bond acceptors (Lipinski definition) is 5. The molecule has 5 nitrogen and oxygen atoms in total. The molecular formula is C20H22N4O. The maximum Gasteiger partial charge on any atom is 0.248 e. The molecule has 0 aliphatic heterocycles. The van der Waals surface area contributed by atoms with Gasteiger partial charge >= 0.3 is 0 Å². The third kappa shape index (κ3) is 4.47. The Morgan fingerprint density at radius 1 is 0.960 bits per heavy atom. The summed E-state index contributed by atoms with van der Waals surface area (Å²) in [4.78, 5) is 8.36. The minimum Gasteiger partial charge on any atom is -0.437 e. The molecule has 3 aromatic rings. The van der Waals surface area contributed by atoms with Crippen molar-refractivity contribution in [1.29, 1.82) is 0 Å².